The molecule has 1 N–H and O–H groups in total. The van der Waals surface area contributed by atoms with Crippen molar-refractivity contribution in [1.82, 2.24) is 4.90 Å². The highest BCUT2D eigenvalue weighted by atomic mass is 79.9. The van der Waals surface area contributed by atoms with Crippen molar-refractivity contribution in [2.75, 3.05) is 19.5 Å². The van der Waals surface area contributed by atoms with Crippen LogP contribution in [0, 0.1) is 0 Å². The molecule has 2 amide bonds. The standard InChI is InChI=1S/C16H16BrClN2O4/c1-20(10-3-4-10)16(23)11-7-9(18)8-12(17)15(11)19-13(21)5-6-14(22)24-2/h5-8,10H,3-4H2,1-2H3,(H,19,21)/b6-5-. The maximum atomic E-state index is 12.6. The minimum absolute atomic E-state index is 0.220. The van der Waals surface area contributed by atoms with Crippen molar-refractivity contribution in [1.29, 1.82) is 0 Å². The summed E-state index contributed by atoms with van der Waals surface area (Å²) in [6.45, 7) is 0. The van der Waals surface area contributed by atoms with Gasteiger partial charge in [-0.1, -0.05) is 11.6 Å². The summed E-state index contributed by atoms with van der Waals surface area (Å²) < 4.78 is 4.90. The van der Waals surface area contributed by atoms with Gasteiger partial charge in [0.2, 0.25) is 5.91 Å². The van der Waals surface area contributed by atoms with E-state index >= 15 is 0 Å². The number of hydrogen-bond donors (Lipinski definition) is 1. The molecule has 24 heavy (non-hydrogen) atoms. The number of benzene rings is 1. The number of rotatable bonds is 5. The van der Waals surface area contributed by atoms with Crippen LogP contribution in [0.3, 0.4) is 0 Å². The van der Waals surface area contributed by atoms with E-state index < -0.39 is 11.9 Å². The largest absolute Gasteiger partial charge is 0.466 e. The summed E-state index contributed by atoms with van der Waals surface area (Å²) in [6.07, 6.45) is 3.96. The van der Waals surface area contributed by atoms with Crippen molar-refractivity contribution in [3.63, 3.8) is 0 Å². The molecule has 128 valence electrons. The second-order valence-corrected chi connectivity index (χ2v) is 6.59. The highest BCUT2D eigenvalue weighted by molar-refractivity contribution is 9.10. The fraction of sp³-hybridized carbons (Fsp3) is 0.312. The highest BCUT2D eigenvalue weighted by Gasteiger charge is 2.31. The molecule has 0 saturated heterocycles. The third kappa shape index (κ3) is 4.58. The van der Waals surface area contributed by atoms with Gasteiger partial charge in [0.1, 0.15) is 0 Å². The molecule has 0 aliphatic heterocycles. The number of carbonyl (C=O) groups is 3. The molecular weight excluding hydrogens is 400 g/mol. The van der Waals surface area contributed by atoms with Crippen molar-refractivity contribution in [3.8, 4) is 0 Å². The number of carbonyl (C=O) groups excluding carboxylic acids is 3. The number of esters is 1. The van der Waals surface area contributed by atoms with Crippen LogP contribution in [0.25, 0.3) is 0 Å². The monoisotopic (exact) mass is 414 g/mol. The quantitative estimate of drug-likeness (QED) is 0.592. The van der Waals surface area contributed by atoms with Gasteiger partial charge in [-0.2, -0.15) is 0 Å². The molecule has 0 aromatic heterocycles. The number of amides is 2. The summed E-state index contributed by atoms with van der Waals surface area (Å²) in [6, 6.07) is 3.31. The molecule has 1 aromatic carbocycles. The van der Waals surface area contributed by atoms with E-state index in [1.54, 1.807) is 18.0 Å². The van der Waals surface area contributed by atoms with Crippen LogP contribution in [-0.2, 0) is 14.3 Å². The Kier molecular flexibility index (Phi) is 6.01. The average Bonchev–Trinajstić information content (AvgIpc) is 3.38. The van der Waals surface area contributed by atoms with Crippen molar-refractivity contribution in [3.05, 3.63) is 39.3 Å². The maximum Gasteiger partial charge on any atom is 0.330 e. The van der Waals surface area contributed by atoms with Crippen LogP contribution in [-0.4, -0.2) is 42.9 Å². The van der Waals surface area contributed by atoms with Gasteiger partial charge in [-0.3, -0.25) is 9.59 Å². The van der Waals surface area contributed by atoms with Crippen LogP contribution >= 0.6 is 27.5 Å². The van der Waals surface area contributed by atoms with Gasteiger partial charge in [0.05, 0.1) is 18.4 Å². The number of anilines is 1. The lowest BCUT2D eigenvalue weighted by atomic mass is 10.1. The van der Waals surface area contributed by atoms with Crippen LogP contribution in [0.15, 0.2) is 28.8 Å². The lowest BCUT2D eigenvalue weighted by Gasteiger charge is -2.19. The van der Waals surface area contributed by atoms with E-state index in [4.69, 9.17) is 11.6 Å². The SMILES string of the molecule is COC(=O)/C=C\C(=O)Nc1c(Br)cc(Cl)cc1C(=O)N(C)C1CC1. The first-order chi connectivity index (χ1) is 11.3. The smallest absolute Gasteiger partial charge is 0.330 e. The zero-order chi connectivity index (χ0) is 17.9. The minimum atomic E-state index is -0.648. The Morgan fingerprint density at radius 2 is 2.00 bits per heavy atom. The summed E-state index contributed by atoms with van der Waals surface area (Å²) in [7, 11) is 2.93. The maximum absolute atomic E-state index is 12.6. The Balaban J connectivity index is 2.27. The summed E-state index contributed by atoms with van der Waals surface area (Å²) in [5, 5.41) is 2.97. The molecule has 1 aliphatic rings. The summed E-state index contributed by atoms with van der Waals surface area (Å²) in [4.78, 5) is 37.3. The lowest BCUT2D eigenvalue weighted by molar-refractivity contribution is -0.135. The number of hydrogen-bond acceptors (Lipinski definition) is 4. The van der Waals surface area contributed by atoms with E-state index in [1.165, 1.54) is 13.2 Å². The Labute approximate surface area is 152 Å². The first kappa shape index (κ1) is 18.5. The molecule has 0 heterocycles. The van der Waals surface area contributed by atoms with Gasteiger partial charge in [-0.25, -0.2) is 4.79 Å². The Morgan fingerprint density at radius 1 is 1.33 bits per heavy atom. The molecule has 8 heteroatoms. The fourth-order valence-electron chi connectivity index (χ4n) is 2.06. The molecular formula is C16H16BrClN2O4. The predicted octanol–water partition coefficient (Wildman–Crippen LogP) is 3.00. The Hall–Kier alpha value is -1.86. The first-order valence-corrected chi connectivity index (χ1v) is 8.33. The fourth-order valence-corrected chi connectivity index (χ4v) is 2.97. The van der Waals surface area contributed by atoms with Crippen LogP contribution in [0.4, 0.5) is 5.69 Å². The number of nitrogens with one attached hydrogen (secondary N) is 1. The van der Waals surface area contributed by atoms with Crippen LogP contribution < -0.4 is 5.32 Å². The van der Waals surface area contributed by atoms with Crippen molar-refractivity contribution >= 4 is 51.0 Å². The van der Waals surface area contributed by atoms with Crippen molar-refractivity contribution in [2.45, 2.75) is 18.9 Å². The summed E-state index contributed by atoms with van der Waals surface area (Å²) in [5.41, 5.74) is 0.583. The van der Waals surface area contributed by atoms with Crippen LogP contribution in [0.5, 0.6) is 0 Å². The second kappa shape index (κ2) is 7.81. The molecule has 1 aromatic rings. The number of nitrogens with zero attached hydrogens (tertiary/aromatic N) is 1. The summed E-state index contributed by atoms with van der Waals surface area (Å²) >= 11 is 9.34. The number of halogens is 2. The van der Waals surface area contributed by atoms with E-state index in [0.29, 0.717) is 15.2 Å². The zero-order valence-corrected chi connectivity index (χ0v) is 15.5. The van der Waals surface area contributed by atoms with Gasteiger partial charge in [-0.05, 0) is 40.9 Å². The van der Waals surface area contributed by atoms with E-state index in [9.17, 15) is 14.4 Å². The van der Waals surface area contributed by atoms with Gasteiger partial charge in [0, 0.05) is 34.7 Å². The Bertz CT molecular complexity index is 716. The van der Waals surface area contributed by atoms with Crippen LogP contribution in [0.2, 0.25) is 5.02 Å². The molecule has 1 fully saturated rings. The third-order valence-electron chi connectivity index (χ3n) is 3.52. The topological polar surface area (TPSA) is 75.7 Å². The molecule has 0 spiro atoms. The van der Waals surface area contributed by atoms with Crippen molar-refractivity contribution < 1.29 is 19.1 Å². The number of methoxy groups -OCH3 is 1. The van der Waals surface area contributed by atoms with Gasteiger partial charge in [-0.15, -0.1) is 0 Å². The van der Waals surface area contributed by atoms with E-state index in [2.05, 4.69) is 26.0 Å². The van der Waals surface area contributed by atoms with Crippen molar-refractivity contribution in [2.24, 2.45) is 0 Å². The molecule has 0 unspecified atom stereocenters. The van der Waals surface area contributed by atoms with E-state index in [1.807, 2.05) is 0 Å². The molecule has 0 bridgehead atoms. The van der Waals surface area contributed by atoms with Gasteiger partial charge in [0.25, 0.3) is 5.91 Å². The average molecular weight is 416 g/mol. The van der Waals surface area contributed by atoms with Gasteiger partial charge in [0.15, 0.2) is 0 Å². The number of ether oxygens (including phenoxy) is 1. The van der Waals surface area contributed by atoms with Crippen LogP contribution in [0.1, 0.15) is 23.2 Å². The zero-order valence-electron chi connectivity index (χ0n) is 13.1. The second-order valence-electron chi connectivity index (χ2n) is 5.30. The first-order valence-electron chi connectivity index (χ1n) is 7.16. The Morgan fingerprint density at radius 3 is 2.58 bits per heavy atom. The van der Waals surface area contributed by atoms with E-state index in [0.717, 1.165) is 25.0 Å². The molecule has 2 rings (SSSR count). The summed E-state index contributed by atoms with van der Waals surface area (Å²) in [5.74, 6) is -1.44. The van der Waals surface area contributed by atoms with Gasteiger partial charge >= 0.3 is 5.97 Å². The highest BCUT2D eigenvalue weighted by Crippen LogP contribution is 2.34. The molecule has 1 aliphatic carbocycles. The molecule has 6 nitrogen and oxygen atoms in total. The molecule has 1 saturated carbocycles. The minimum Gasteiger partial charge on any atom is -0.466 e. The van der Waals surface area contributed by atoms with E-state index in [-0.39, 0.29) is 17.5 Å². The lowest BCUT2D eigenvalue weighted by Crippen LogP contribution is -2.30. The predicted molar refractivity (Wildman–Crippen MR) is 94.1 cm³/mol. The van der Waals surface area contributed by atoms with Gasteiger partial charge < -0.3 is 15.0 Å². The normalized spacial score (nSPS) is 13.7. The molecule has 0 radical (unpaired) electrons. The third-order valence-corrected chi connectivity index (χ3v) is 4.36. The molecule has 0 atom stereocenters.